The maximum Gasteiger partial charge on any atom is 3.00 e. The number of phenolic OH excluding ortho intramolecular Hbond substituents is 2. The van der Waals surface area contributed by atoms with Gasteiger partial charge in [0.15, 0.2) is 34.3 Å². The Hall–Kier alpha value is -7.12. The number of aromatic hydroxyl groups is 2. The molecule has 0 saturated carbocycles. The Morgan fingerprint density at radius 2 is 0.910 bits per heavy atom. The molecular formula is C44H44ClLaN6O15+2. The molecule has 10 rings (SSSR count). The summed E-state index contributed by atoms with van der Waals surface area (Å²) in [6.45, 7) is 0. The Bertz CT molecular complexity index is 3000. The van der Waals surface area contributed by atoms with Crippen LogP contribution in [0.3, 0.4) is 0 Å². The Kier molecular flexibility index (Phi) is 19.1. The van der Waals surface area contributed by atoms with Gasteiger partial charge in [-0.3, -0.25) is 9.59 Å². The monoisotopic (exact) mass is 1070 g/mol. The Morgan fingerprint density at radius 1 is 0.552 bits per heavy atom. The maximum atomic E-state index is 13.3. The van der Waals surface area contributed by atoms with Gasteiger partial charge in [-0.2, -0.15) is 0 Å². The largest absolute Gasteiger partial charge is 3.00 e. The first kappa shape index (κ1) is 56.0. The van der Waals surface area contributed by atoms with Gasteiger partial charge in [0.25, 0.3) is 0 Å². The van der Waals surface area contributed by atoms with Crippen LogP contribution < -0.4 is 31.4 Å². The van der Waals surface area contributed by atoms with E-state index in [0.29, 0.717) is 56.1 Å². The summed E-state index contributed by atoms with van der Waals surface area (Å²) in [5.74, 6) is 0.264. The number of methoxy groups -OCH3 is 4. The number of carbonyl (C=O) groups is 2. The number of imidazole rings is 2. The van der Waals surface area contributed by atoms with Gasteiger partial charge < -0.3 is 97.7 Å². The first-order chi connectivity index (χ1) is 29.2. The molecule has 4 aromatic carbocycles. The number of halogens is 1. The van der Waals surface area contributed by atoms with Crippen LogP contribution in [0.5, 0.6) is 34.5 Å². The van der Waals surface area contributed by atoms with E-state index in [1.54, 1.807) is 36.7 Å². The van der Waals surface area contributed by atoms with Crippen LogP contribution in [0, 0.1) is 35.6 Å². The first-order valence-electron chi connectivity index (χ1n) is 18.3. The SMILES string of the molecule is COc1c(C(=O)c2c[nH]c(-c3nc4ccccc4[nH]3)c2)c(O)c(OC)c2occc12.COc1c(C(=O)c2c[nH]c(-c3nc4ccccc4[nH]3)c2)c(O)c(OC)c2occc12.O.O.O.O.O.[Cl-].[La+3]. The molecule has 10 aromatic rings. The fourth-order valence-corrected chi connectivity index (χ4v) is 7.25. The molecule has 21 nitrogen and oxygen atoms in total. The van der Waals surface area contributed by atoms with E-state index >= 15 is 0 Å². The van der Waals surface area contributed by atoms with E-state index in [9.17, 15) is 19.8 Å². The van der Waals surface area contributed by atoms with Crippen molar-refractivity contribution in [1.82, 2.24) is 29.9 Å². The molecule has 0 aliphatic rings. The minimum atomic E-state index is -0.427. The minimum Gasteiger partial charge on any atom is -1.00 e. The number of rotatable bonds is 10. The van der Waals surface area contributed by atoms with Crippen molar-refractivity contribution in [1.29, 1.82) is 0 Å². The van der Waals surface area contributed by atoms with E-state index in [2.05, 4.69) is 29.9 Å². The number of H-pyrrole nitrogens is 4. The van der Waals surface area contributed by atoms with Crippen molar-refractivity contribution in [3.8, 4) is 57.5 Å². The van der Waals surface area contributed by atoms with Crippen LogP contribution in [-0.2, 0) is 0 Å². The second-order valence-corrected chi connectivity index (χ2v) is 13.4. The van der Waals surface area contributed by atoms with Gasteiger partial charge >= 0.3 is 35.6 Å². The van der Waals surface area contributed by atoms with Gasteiger partial charge in [0.05, 0.1) is 85.2 Å². The normalized spacial score (nSPS) is 10.1. The number of ether oxygens (including phenoxy) is 4. The van der Waals surface area contributed by atoms with E-state index in [-0.39, 0.29) is 121 Å². The predicted octanol–water partition coefficient (Wildman–Crippen LogP) is 1.40. The number of nitrogens with zero attached hydrogens (tertiary/aromatic N) is 2. The molecule has 0 fully saturated rings. The van der Waals surface area contributed by atoms with Crippen molar-refractivity contribution in [3.63, 3.8) is 0 Å². The number of nitrogens with one attached hydrogen (secondary N) is 4. The molecule has 67 heavy (non-hydrogen) atoms. The standard InChI is InChI=1S/2C22H17N3O5.ClH.La.5H2O/c2*1-28-19-12-7-8-30-20(12)21(29-2)18(27)16(19)17(26)11-9-15(23-10-11)22-24-13-5-3-4-6-14(13)25-22;;;;;;;/h2*3-10,23,27H,1-2H3,(H,24,25);1H;;5*1H2/q;;;+3;;;;;/p-1. The smallest absolute Gasteiger partial charge is 1.00 e. The molecule has 348 valence electrons. The summed E-state index contributed by atoms with van der Waals surface area (Å²) in [6, 6.07) is 22.0. The molecule has 6 heterocycles. The van der Waals surface area contributed by atoms with Crippen LogP contribution >= 0.6 is 0 Å². The third-order valence-corrected chi connectivity index (χ3v) is 10.0. The number of ketones is 2. The molecule has 0 atom stereocenters. The molecule has 0 amide bonds. The number of para-hydroxylation sites is 4. The maximum absolute atomic E-state index is 13.3. The molecule has 0 saturated heterocycles. The second-order valence-electron chi connectivity index (χ2n) is 13.4. The van der Waals surface area contributed by atoms with Gasteiger partial charge in [0.2, 0.25) is 23.1 Å². The molecule has 0 aliphatic heterocycles. The molecule has 0 unspecified atom stereocenters. The van der Waals surface area contributed by atoms with E-state index in [1.807, 2.05) is 48.5 Å². The van der Waals surface area contributed by atoms with Crippen molar-refractivity contribution >= 4 is 55.6 Å². The number of fused-ring (bicyclic) bond motifs is 4. The van der Waals surface area contributed by atoms with Crippen molar-refractivity contribution in [2.75, 3.05) is 28.4 Å². The number of hydrogen-bond acceptors (Lipinski definition) is 12. The molecule has 0 aliphatic carbocycles. The fourth-order valence-electron chi connectivity index (χ4n) is 7.25. The zero-order valence-electron chi connectivity index (χ0n) is 35.7. The predicted molar refractivity (Wildman–Crippen MR) is 239 cm³/mol. The summed E-state index contributed by atoms with van der Waals surface area (Å²) in [6.07, 6.45) is 6.02. The van der Waals surface area contributed by atoms with Gasteiger partial charge in [-0.25, -0.2) is 9.97 Å². The summed E-state index contributed by atoms with van der Waals surface area (Å²) in [7, 11) is 5.66. The Morgan fingerprint density at radius 3 is 1.25 bits per heavy atom. The molecule has 0 radical (unpaired) electrons. The number of benzene rings is 4. The molecule has 23 heteroatoms. The van der Waals surface area contributed by atoms with Crippen LogP contribution in [0.4, 0.5) is 0 Å². The minimum absolute atomic E-state index is 0. The van der Waals surface area contributed by atoms with Gasteiger partial charge in [-0.05, 0) is 48.5 Å². The summed E-state index contributed by atoms with van der Waals surface area (Å²) < 4.78 is 32.2. The third-order valence-electron chi connectivity index (χ3n) is 10.0. The van der Waals surface area contributed by atoms with Crippen LogP contribution in [-0.4, -0.2) is 108 Å². The number of hydrogen-bond donors (Lipinski definition) is 6. The second kappa shape index (κ2) is 22.9. The number of aromatic nitrogens is 6. The van der Waals surface area contributed by atoms with Crippen LogP contribution in [0.25, 0.3) is 67.0 Å². The summed E-state index contributed by atoms with van der Waals surface area (Å²) >= 11 is 0. The number of furan rings is 2. The van der Waals surface area contributed by atoms with E-state index < -0.39 is 11.6 Å². The Balaban J connectivity index is 0.000000417. The fraction of sp³-hybridized carbons (Fsp3) is 0.0909. The van der Waals surface area contributed by atoms with Gasteiger partial charge in [0, 0.05) is 23.5 Å². The number of carbonyl (C=O) groups excluding carboxylic acids is 2. The van der Waals surface area contributed by atoms with Crippen molar-refractivity contribution in [2.24, 2.45) is 0 Å². The van der Waals surface area contributed by atoms with E-state index in [4.69, 9.17) is 27.8 Å². The quantitative estimate of drug-likeness (QED) is 0.106. The summed E-state index contributed by atoms with van der Waals surface area (Å²) in [4.78, 5) is 48.3. The van der Waals surface area contributed by atoms with Crippen molar-refractivity contribution in [2.45, 2.75) is 0 Å². The zero-order valence-corrected chi connectivity index (χ0v) is 40.1. The van der Waals surface area contributed by atoms with Crippen LogP contribution in [0.1, 0.15) is 31.8 Å². The molecule has 6 aromatic heterocycles. The summed E-state index contributed by atoms with van der Waals surface area (Å²) in [5.41, 5.74) is 6.00. The first-order valence-corrected chi connectivity index (χ1v) is 18.3. The average Bonchev–Trinajstić information content (AvgIpc) is 4.12. The van der Waals surface area contributed by atoms with Crippen LogP contribution in [0.15, 0.2) is 107 Å². The van der Waals surface area contributed by atoms with E-state index in [0.717, 1.165) is 22.1 Å². The molecular weight excluding hydrogens is 1030 g/mol. The molecule has 16 N–H and O–H groups in total. The van der Waals surface area contributed by atoms with Crippen molar-refractivity contribution < 1.29 is 123 Å². The number of aromatic amines is 4. The summed E-state index contributed by atoms with van der Waals surface area (Å²) in [5, 5.41) is 22.6. The average molecular weight is 1070 g/mol. The third kappa shape index (κ3) is 9.60. The van der Waals surface area contributed by atoms with Gasteiger partial charge in [0.1, 0.15) is 22.6 Å². The van der Waals surface area contributed by atoms with Gasteiger partial charge in [-0.1, -0.05) is 24.3 Å². The van der Waals surface area contributed by atoms with Gasteiger partial charge in [-0.15, -0.1) is 0 Å². The van der Waals surface area contributed by atoms with Crippen LogP contribution in [0.2, 0.25) is 0 Å². The van der Waals surface area contributed by atoms with E-state index in [1.165, 1.54) is 41.0 Å². The number of phenols is 2. The van der Waals surface area contributed by atoms with Crippen molar-refractivity contribution in [3.05, 3.63) is 120 Å². The Labute approximate surface area is 412 Å². The molecule has 0 bridgehead atoms. The molecule has 0 spiro atoms. The zero-order chi connectivity index (χ0) is 41.7. The topological polar surface area (TPSA) is 384 Å².